The van der Waals surface area contributed by atoms with Gasteiger partial charge < -0.3 is 10.1 Å². The number of fused-ring (bicyclic) bond motifs is 3. The van der Waals surface area contributed by atoms with Gasteiger partial charge in [0.1, 0.15) is 0 Å². The number of rotatable bonds is 0. The maximum atomic E-state index is 5.65. The van der Waals surface area contributed by atoms with Crippen molar-refractivity contribution in [3.8, 4) is 11.5 Å². The summed E-state index contributed by atoms with van der Waals surface area (Å²) in [6, 6.07) is 5.31. The lowest BCUT2D eigenvalue weighted by molar-refractivity contribution is 0.0798. The van der Waals surface area contributed by atoms with Crippen LogP contribution in [0, 0.1) is 5.92 Å². The lowest BCUT2D eigenvalue weighted by atomic mass is 9.53. The largest absolute Gasteiger partial charge is 0.449 e. The molecule has 0 spiro atoms. The highest BCUT2D eigenvalue weighted by molar-refractivity contribution is 5.85. The molecule has 1 aromatic carbocycles. The topological polar surface area (TPSA) is 24.6 Å². The van der Waals surface area contributed by atoms with Crippen LogP contribution in [0.4, 0.5) is 0 Å². The van der Waals surface area contributed by atoms with E-state index in [1.807, 2.05) is 0 Å². The summed E-state index contributed by atoms with van der Waals surface area (Å²) in [5.74, 6) is 3.24. The number of ether oxygens (including phenoxy) is 1. The molecule has 5 rings (SSSR count). The minimum absolute atomic E-state index is 0. The maximum absolute atomic E-state index is 5.65. The first-order chi connectivity index (χ1) is 8.88. The second-order valence-electron chi connectivity index (χ2n) is 6.54. The first-order valence-corrected chi connectivity index (χ1v) is 7.46. The van der Waals surface area contributed by atoms with Crippen LogP contribution in [0.3, 0.4) is 0 Å². The zero-order valence-electron chi connectivity index (χ0n) is 11.5. The zero-order chi connectivity index (χ0) is 11.7. The molecule has 0 aromatic heterocycles. The van der Waals surface area contributed by atoms with Gasteiger partial charge in [-0.15, -0.1) is 24.8 Å². The molecule has 2 aliphatic heterocycles. The Morgan fingerprint density at radius 1 is 1.15 bits per heavy atom. The van der Waals surface area contributed by atoms with Crippen LogP contribution in [0.2, 0.25) is 0 Å². The predicted octanol–water partition coefficient (Wildman–Crippen LogP) is 3.98. The van der Waals surface area contributed by atoms with Crippen LogP contribution >= 0.6 is 24.8 Å². The van der Waals surface area contributed by atoms with Crippen molar-refractivity contribution in [2.24, 2.45) is 5.92 Å². The lowest BCUT2D eigenvalue weighted by Crippen LogP contribution is -2.59. The van der Waals surface area contributed by atoms with E-state index in [0.29, 0.717) is 11.5 Å². The van der Waals surface area contributed by atoms with Gasteiger partial charge in [-0.2, -0.15) is 0 Å². The van der Waals surface area contributed by atoms with Crippen LogP contribution in [0.5, 0.6) is 11.5 Å². The molecular formula is C16H21Cl2NO. The van der Waals surface area contributed by atoms with Gasteiger partial charge in [-0.05, 0) is 49.8 Å². The third-order valence-electron chi connectivity index (χ3n) is 5.92. The number of nitrogens with one attached hydrogen (secondary N) is 1. The van der Waals surface area contributed by atoms with Gasteiger partial charge in [-0.25, -0.2) is 0 Å². The Bertz CT molecular complexity index is 544. The number of hydrogen-bond donors (Lipinski definition) is 1. The molecule has 0 unspecified atom stereocenters. The van der Waals surface area contributed by atoms with E-state index in [1.165, 1.54) is 50.8 Å². The normalized spacial score (nSPS) is 35.2. The molecular weight excluding hydrogens is 293 g/mol. The summed E-state index contributed by atoms with van der Waals surface area (Å²) in [5, 5.41) is 3.78. The smallest absolute Gasteiger partial charge is 0.173 e. The van der Waals surface area contributed by atoms with Crippen molar-refractivity contribution >= 4 is 24.8 Å². The van der Waals surface area contributed by atoms with Crippen LogP contribution in [-0.4, -0.2) is 12.6 Å². The van der Waals surface area contributed by atoms with E-state index in [1.54, 1.807) is 11.1 Å². The average molecular weight is 314 g/mol. The second kappa shape index (κ2) is 4.79. The molecule has 4 heteroatoms. The van der Waals surface area contributed by atoms with Crippen molar-refractivity contribution in [1.29, 1.82) is 0 Å². The van der Waals surface area contributed by atoms with Crippen LogP contribution in [0.1, 0.15) is 43.2 Å². The zero-order valence-corrected chi connectivity index (χ0v) is 13.1. The van der Waals surface area contributed by atoms with Crippen molar-refractivity contribution in [2.45, 2.75) is 50.0 Å². The Balaban J connectivity index is 0.000000605. The first-order valence-electron chi connectivity index (χ1n) is 7.46. The van der Waals surface area contributed by atoms with E-state index in [9.17, 15) is 0 Å². The van der Waals surface area contributed by atoms with Crippen LogP contribution < -0.4 is 10.1 Å². The average Bonchev–Trinajstić information content (AvgIpc) is 3.18. The van der Waals surface area contributed by atoms with E-state index in [-0.39, 0.29) is 24.8 Å². The van der Waals surface area contributed by atoms with Gasteiger partial charge in [0, 0.05) is 17.0 Å². The Morgan fingerprint density at radius 3 is 2.95 bits per heavy atom. The van der Waals surface area contributed by atoms with Crippen molar-refractivity contribution in [3.63, 3.8) is 0 Å². The number of piperidine rings is 1. The summed E-state index contributed by atoms with van der Waals surface area (Å²) in [6.07, 6.45) is 8.21. The minimum atomic E-state index is 0. The molecule has 1 N–H and O–H groups in total. The standard InChI is InChI=1S/C16H19NO.2ClH/c1-2-6-16-7-8-17-13(12(16)3-1)9-10-11(16)4-5-14-15(10)18-14;;/h4-5,12-13,17H,1-3,6-9H2;2*1H/t12-,13+,16-;;/m0../s1. The van der Waals surface area contributed by atoms with Gasteiger partial charge in [0.05, 0.1) is 0 Å². The quantitative estimate of drug-likeness (QED) is 0.744. The molecule has 1 saturated heterocycles. The van der Waals surface area contributed by atoms with E-state index in [4.69, 9.17) is 4.74 Å². The number of halogens is 2. The van der Waals surface area contributed by atoms with Gasteiger partial charge in [-0.3, -0.25) is 0 Å². The highest BCUT2D eigenvalue weighted by Gasteiger charge is 2.53. The van der Waals surface area contributed by atoms with E-state index >= 15 is 0 Å². The van der Waals surface area contributed by atoms with Crippen LogP contribution in [-0.2, 0) is 11.8 Å². The van der Waals surface area contributed by atoms with E-state index < -0.39 is 0 Å². The predicted molar refractivity (Wildman–Crippen MR) is 84.8 cm³/mol. The van der Waals surface area contributed by atoms with Gasteiger partial charge in [0.25, 0.3) is 0 Å². The van der Waals surface area contributed by atoms with E-state index in [0.717, 1.165) is 11.7 Å². The summed E-state index contributed by atoms with van der Waals surface area (Å²) in [7, 11) is 0. The summed E-state index contributed by atoms with van der Waals surface area (Å²) < 4.78 is 5.65. The van der Waals surface area contributed by atoms with Crippen molar-refractivity contribution in [2.75, 3.05) is 6.54 Å². The number of benzene rings is 1. The summed E-state index contributed by atoms with van der Waals surface area (Å²) >= 11 is 0. The molecule has 4 aliphatic rings. The Labute approximate surface area is 132 Å². The summed E-state index contributed by atoms with van der Waals surface area (Å²) in [6.45, 7) is 1.21. The summed E-state index contributed by atoms with van der Waals surface area (Å²) in [5.41, 5.74) is 3.69. The second-order valence-corrected chi connectivity index (χ2v) is 6.54. The fourth-order valence-electron chi connectivity index (χ4n) is 5.14. The lowest BCUT2D eigenvalue weighted by Gasteiger charge is -2.55. The molecule has 2 fully saturated rings. The Hall–Kier alpha value is -0.440. The molecule has 1 saturated carbocycles. The Morgan fingerprint density at radius 2 is 2.05 bits per heavy atom. The molecule has 110 valence electrons. The molecule has 0 amide bonds. The molecule has 0 radical (unpaired) electrons. The van der Waals surface area contributed by atoms with Crippen LogP contribution in [0.25, 0.3) is 0 Å². The minimum Gasteiger partial charge on any atom is -0.449 e. The molecule has 2 bridgehead atoms. The number of hydrogen-bond acceptors (Lipinski definition) is 2. The maximum Gasteiger partial charge on any atom is 0.173 e. The van der Waals surface area contributed by atoms with Gasteiger partial charge in [0.2, 0.25) is 0 Å². The molecule has 2 heterocycles. The highest BCUT2D eigenvalue weighted by atomic mass is 35.5. The van der Waals surface area contributed by atoms with Crippen molar-refractivity contribution in [1.82, 2.24) is 5.32 Å². The molecule has 20 heavy (non-hydrogen) atoms. The van der Waals surface area contributed by atoms with Gasteiger partial charge in [-0.1, -0.05) is 18.9 Å². The van der Waals surface area contributed by atoms with Gasteiger partial charge in [0.15, 0.2) is 11.5 Å². The van der Waals surface area contributed by atoms with Crippen molar-refractivity contribution in [3.05, 3.63) is 23.3 Å². The third-order valence-corrected chi connectivity index (χ3v) is 5.92. The van der Waals surface area contributed by atoms with E-state index in [2.05, 4.69) is 17.4 Å². The van der Waals surface area contributed by atoms with Gasteiger partial charge >= 0.3 is 0 Å². The monoisotopic (exact) mass is 313 g/mol. The fourth-order valence-corrected chi connectivity index (χ4v) is 5.14. The highest BCUT2D eigenvalue weighted by Crippen LogP contribution is 2.60. The summed E-state index contributed by atoms with van der Waals surface area (Å²) in [4.78, 5) is 0. The Kier molecular flexibility index (Phi) is 3.47. The molecule has 3 atom stereocenters. The molecule has 2 aliphatic carbocycles. The van der Waals surface area contributed by atoms with Crippen LogP contribution in [0.15, 0.2) is 12.1 Å². The SMILES string of the molecule is Cl.Cl.c1cc2c(c3c1O3)C[C@H]1NCC[C@@]23CCCC[C@@H]13. The van der Waals surface area contributed by atoms with Crippen molar-refractivity contribution < 1.29 is 4.74 Å². The fraction of sp³-hybridized carbons (Fsp3) is 0.625. The third kappa shape index (κ3) is 1.68. The first kappa shape index (κ1) is 14.5. The molecule has 1 aromatic rings. The molecule has 2 nitrogen and oxygen atoms in total.